The molecular formula is C15H17FN2O. The Morgan fingerprint density at radius 3 is 2.53 bits per heavy atom. The van der Waals surface area contributed by atoms with Crippen molar-refractivity contribution < 1.29 is 9.13 Å². The number of hydrogen-bond donors (Lipinski definition) is 1. The summed E-state index contributed by atoms with van der Waals surface area (Å²) in [6.07, 6.45) is 0. The van der Waals surface area contributed by atoms with Crippen molar-refractivity contribution in [3.63, 3.8) is 0 Å². The van der Waals surface area contributed by atoms with Gasteiger partial charge in [-0.1, -0.05) is 24.3 Å². The SMILES string of the molecule is CN(CCOc1ccccc1F)c1ccccc1N. The number of rotatable bonds is 5. The van der Waals surface area contributed by atoms with Gasteiger partial charge in [-0.3, -0.25) is 0 Å². The van der Waals surface area contributed by atoms with Gasteiger partial charge in [0, 0.05) is 7.05 Å². The van der Waals surface area contributed by atoms with E-state index in [1.54, 1.807) is 18.2 Å². The van der Waals surface area contributed by atoms with Crippen molar-refractivity contribution in [1.29, 1.82) is 0 Å². The van der Waals surface area contributed by atoms with Gasteiger partial charge >= 0.3 is 0 Å². The smallest absolute Gasteiger partial charge is 0.165 e. The second-order valence-electron chi connectivity index (χ2n) is 4.26. The molecule has 100 valence electrons. The van der Waals surface area contributed by atoms with E-state index in [-0.39, 0.29) is 11.6 Å². The van der Waals surface area contributed by atoms with Crippen LogP contribution in [0.25, 0.3) is 0 Å². The van der Waals surface area contributed by atoms with Gasteiger partial charge in [-0.25, -0.2) is 4.39 Å². The maximum absolute atomic E-state index is 13.3. The second-order valence-corrected chi connectivity index (χ2v) is 4.26. The lowest BCUT2D eigenvalue weighted by Gasteiger charge is -2.21. The Morgan fingerprint density at radius 1 is 1.11 bits per heavy atom. The molecule has 0 aliphatic heterocycles. The molecule has 2 rings (SSSR count). The normalized spacial score (nSPS) is 10.2. The van der Waals surface area contributed by atoms with E-state index in [0.717, 1.165) is 11.4 Å². The van der Waals surface area contributed by atoms with E-state index in [1.807, 2.05) is 36.2 Å². The molecule has 2 aromatic rings. The first-order valence-electron chi connectivity index (χ1n) is 6.11. The van der Waals surface area contributed by atoms with Crippen LogP contribution in [0.4, 0.5) is 15.8 Å². The molecule has 0 heterocycles. The molecule has 0 aliphatic rings. The van der Waals surface area contributed by atoms with Crippen LogP contribution in [0.2, 0.25) is 0 Å². The summed E-state index contributed by atoms with van der Waals surface area (Å²) >= 11 is 0. The molecule has 2 N–H and O–H groups in total. The van der Waals surface area contributed by atoms with E-state index in [9.17, 15) is 4.39 Å². The van der Waals surface area contributed by atoms with Crippen LogP contribution in [0.15, 0.2) is 48.5 Å². The number of hydrogen-bond acceptors (Lipinski definition) is 3. The van der Waals surface area contributed by atoms with Crippen LogP contribution in [0.1, 0.15) is 0 Å². The Kier molecular flexibility index (Phi) is 4.23. The van der Waals surface area contributed by atoms with Gasteiger partial charge in [0.1, 0.15) is 6.61 Å². The van der Waals surface area contributed by atoms with E-state index in [2.05, 4.69) is 0 Å². The van der Waals surface area contributed by atoms with Crippen LogP contribution in [0, 0.1) is 5.82 Å². The Labute approximate surface area is 112 Å². The maximum Gasteiger partial charge on any atom is 0.165 e. The summed E-state index contributed by atoms with van der Waals surface area (Å²) in [5.41, 5.74) is 7.55. The average Bonchev–Trinajstić information content (AvgIpc) is 2.41. The third kappa shape index (κ3) is 3.37. The molecule has 0 spiro atoms. The predicted molar refractivity (Wildman–Crippen MR) is 76.0 cm³/mol. The van der Waals surface area contributed by atoms with E-state index < -0.39 is 0 Å². The monoisotopic (exact) mass is 260 g/mol. The summed E-state index contributed by atoms with van der Waals surface area (Å²) < 4.78 is 18.8. The Hall–Kier alpha value is -2.23. The van der Waals surface area contributed by atoms with Crippen LogP contribution in [0.5, 0.6) is 5.75 Å². The zero-order valence-electron chi connectivity index (χ0n) is 10.8. The first-order chi connectivity index (χ1) is 9.18. The van der Waals surface area contributed by atoms with Crippen LogP contribution < -0.4 is 15.4 Å². The fraction of sp³-hybridized carbons (Fsp3) is 0.200. The number of benzene rings is 2. The zero-order chi connectivity index (χ0) is 13.7. The molecule has 2 aromatic carbocycles. The number of ether oxygens (including phenoxy) is 1. The molecule has 0 radical (unpaired) electrons. The van der Waals surface area contributed by atoms with Crippen LogP contribution in [-0.2, 0) is 0 Å². The van der Waals surface area contributed by atoms with Crippen molar-refractivity contribution in [2.45, 2.75) is 0 Å². The van der Waals surface area contributed by atoms with Gasteiger partial charge in [0.05, 0.1) is 17.9 Å². The lowest BCUT2D eigenvalue weighted by Crippen LogP contribution is -2.24. The standard InChI is InChI=1S/C15H17FN2O/c1-18(14-8-4-3-7-13(14)17)10-11-19-15-9-5-2-6-12(15)16/h2-9H,10-11,17H2,1H3. The molecule has 0 aliphatic carbocycles. The van der Waals surface area contributed by atoms with Crippen molar-refractivity contribution in [2.75, 3.05) is 30.8 Å². The highest BCUT2D eigenvalue weighted by Gasteiger charge is 2.05. The summed E-state index contributed by atoms with van der Waals surface area (Å²) in [5, 5.41) is 0. The fourth-order valence-corrected chi connectivity index (χ4v) is 1.81. The Morgan fingerprint density at radius 2 is 1.79 bits per heavy atom. The highest BCUT2D eigenvalue weighted by atomic mass is 19.1. The number of anilines is 2. The van der Waals surface area contributed by atoms with Crippen molar-refractivity contribution in [3.05, 3.63) is 54.3 Å². The number of likely N-dealkylation sites (N-methyl/N-ethyl adjacent to an activating group) is 1. The van der Waals surface area contributed by atoms with Crippen LogP contribution in [0.3, 0.4) is 0 Å². The van der Waals surface area contributed by atoms with Crippen molar-refractivity contribution in [1.82, 2.24) is 0 Å². The average molecular weight is 260 g/mol. The Balaban J connectivity index is 1.90. The van der Waals surface area contributed by atoms with Crippen LogP contribution in [-0.4, -0.2) is 20.2 Å². The third-order valence-corrected chi connectivity index (χ3v) is 2.87. The molecule has 0 atom stereocenters. The van der Waals surface area contributed by atoms with Gasteiger partial charge in [0.15, 0.2) is 11.6 Å². The molecule has 0 aromatic heterocycles. The first-order valence-corrected chi connectivity index (χ1v) is 6.11. The summed E-state index contributed by atoms with van der Waals surface area (Å²) in [6.45, 7) is 1.02. The summed E-state index contributed by atoms with van der Waals surface area (Å²) in [7, 11) is 1.93. The number of nitrogens with zero attached hydrogens (tertiary/aromatic N) is 1. The molecule has 4 heteroatoms. The lowest BCUT2D eigenvalue weighted by atomic mass is 10.2. The molecule has 0 amide bonds. The van der Waals surface area contributed by atoms with Gasteiger partial charge in [-0.05, 0) is 24.3 Å². The van der Waals surface area contributed by atoms with E-state index >= 15 is 0 Å². The largest absolute Gasteiger partial charge is 0.489 e. The fourth-order valence-electron chi connectivity index (χ4n) is 1.81. The lowest BCUT2D eigenvalue weighted by molar-refractivity contribution is 0.309. The third-order valence-electron chi connectivity index (χ3n) is 2.87. The first kappa shape index (κ1) is 13.2. The highest BCUT2D eigenvalue weighted by Crippen LogP contribution is 2.21. The van der Waals surface area contributed by atoms with Gasteiger partial charge < -0.3 is 15.4 Å². The summed E-state index contributed by atoms with van der Waals surface area (Å²) in [6, 6.07) is 14.0. The molecule has 0 fully saturated rings. The van der Waals surface area contributed by atoms with Gasteiger partial charge in [0.2, 0.25) is 0 Å². The van der Waals surface area contributed by atoms with E-state index in [0.29, 0.717) is 13.2 Å². The van der Waals surface area contributed by atoms with Gasteiger partial charge in [-0.2, -0.15) is 0 Å². The highest BCUT2D eigenvalue weighted by molar-refractivity contribution is 5.66. The van der Waals surface area contributed by atoms with Crippen molar-refractivity contribution >= 4 is 11.4 Å². The minimum atomic E-state index is -0.343. The minimum absolute atomic E-state index is 0.275. The van der Waals surface area contributed by atoms with Crippen molar-refractivity contribution in [3.8, 4) is 5.75 Å². The number of nitrogen functional groups attached to an aromatic ring is 1. The molecule has 0 bridgehead atoms. The molecule has 0 unspecified atom stereocenters. The topological polar surface area (TPSA) is 38.5 Å². The molecule has 0 saturated heterocycles. The molecule has 19 heavy (non-hydrogen) atoms. The molecular weight excluding hydrogens is 243 g/mol. The minimum Gasteiger partial charge on any atom is -0.489 e. The number of halogens is 1. The van der Waals surface area contributed by atoms with Crippen molar-refractivity contribution in [2.24, 2.45) is 0 Å². The number of para-hydroxylation sites is 3. The number of nitrogens with two attached hydrogens (primary N) is 1. The molecule has 0 saturated carbocycles. The zero-order valence-corrected chi connectivity index (χ0v) is 10.8. The van der Waals surface area contributed by atoms with E-state index in [4.69, 9.17) is 10.5 Å². The van der Waals surface area contributed by atoms with Gasteiger partial charge in [0.25, 0.3) is 0 Å². The van der Waals surface area contributed by atoms with E-state index in [1.165, 1.54) is 6.07 Å². The predicted octanol–water partition coefficient (Wildman–Crippen LogP) is 2.92. The maximum atomic E-state index is 13.3. The molecule has 3 nitrogen and oxygen atoms in total. The van der Waals surface area contributed by atoms with Crippen LogP contribution >= 0.6 is 0 Å². The summed E-state index contributed by atoms with van der Waals surface area (Å²) in [5.74, 6) is -0.0682. The quantitative estimate of drug-likeness (QED) is 0.840. The van der Waals surface area contributed by atoms with Gasteiger partial charge in [-0.15, -0.1) is 0 Å². The Bertz CT molecular complexity index is 545. The summed E-state index contributed by atoms with van der Waals surface area (Å²) in [4.78, 5) is 1.98. The second kappa shape index (κ2) is 6.09.